The summed E-state index contributed by atoms with van der Waals surface area (Å²) in [6.07, 6.45) is 1.27. The Morgan fingerprint density at radius 1 is 1.38 bits per heavy atom. The van der Waals surface area contributed by atoms with Crippen molar-refractivity contribution in [1.82, 2.24) is 5.32 Å². The number of amides is 1. The highest BCUT2D eigenvalue weighted by atomic mass is 16.5. The molecule has 0 atom stereocenters. The Labute approximate surface area is 126 Å². The number of rotatable bonds is 7. The molecular formula is C16H24N2O3. The van der Waals surface area contributed by atoms with E-state index in [4.69, 9.17) is 9.47 Å². The number of benzene rings is 1. The molecule has 5 heteroatoms. The fourth-order valence-electron chi connectivity index (χ4n) is 2.38. The van der Waals surface area contributed by atoms with Gasteiger partial charge in [0.15, 0.2) is 0 Å². The van der Waals surface area contributed by atoms with E-state index in [1.807, 2.05) is 12.1 Å². The second kappa shape index (κ2) is 8.64. The second-order valence-electron chi connectivity index (χ2n) is 5.14. The maximum absolute atomic E-state index is 11.9. The first-order valence-corrected chi connectivity index (χ1v) is 7.47. The molecule has 1 aliphatic heterocycles. The van der Waals surface area contributed by atoms with E-state index in [1.165, 1.54) is 5.69 Å². The fourth-order valence-corrected chi connectivity index (χ4v) is 2.38. The number of morpholine rings is 1. The van der Waals surface area contributed by atoms with Gasteiger partial charge in [-0.2, -0.15) is 0 Å². The molecule has 1 heterocycles. The lowest BCUT2D eigenvalue weighted by atomic mass is 10.1. The third-order valence-electron chi connectivity index (χ3n) is 3.50. The molecule has 0 aliphatic carbocycles. The van der Waals surface area contributed by atoms with Crippen molar-refractivity contribution in [3.63, 3.8) is 0 Å². The van der Waals surface area contributed by atoms with Crippen molar-refractivity contribution < 1.29 is 14.3 Å². The van der Waals surface area contributed by atoms with Crippen LogP contribution in [0.4, 0.5) is 5.69 Å². The van der Waals surface area contributed by atoms with Crippen LogP contribution in [0.2, 0.25) is 0 Å². The average Bonchev–Trinajstić information content (AvgIpc) is 2.53. The van der Waals surface area contributed by atoms with Gasteiger partial charge in [-0.15, -0.1) is 0 Å². The molecule has 0 bridgehead atoms. The van der Waals surface area contributed by atoms with Crippen LogP contribution in [0, 0.1) is 0 Å². The summed E-state index contributed by atoms with van der Waals surface area (Å²) in [4.78, 5) is 14.2. The summed E-state index contributed by atoms with van der Waals surface area (Å²) in [5.41, 5.74) is 2.21. The van der Waals surface area contributed by atoms with Gasteiger partial charge in [0.2, 0.25) is 5.91 Å². The molecule has 1 saturated heterocycles. The predicted molar refractivity (Wildman–Crippen MR) is 82.7 cm³/mol. The lowest BCUT2D eigenvalue weighted by Gasteiger charge is -2.29. The standard InChI is InChI=1S/C16H24N2O3/c1-20-9-3-6-17-16(19)13-14-4-2-5-15(12-14)18-7-10-21-11-8-18/h2,4-5,12H,3,6-11,13H2,1H3,(H,17,19). The molecular weight excluding hydrogens is 268 g/mol. The summed E-state index contributed by atoms with van der Waals surface area (Å²) in [5.74, 6) is 0.0604. The van der Waals surface area contributed by atoms with E-state index in [1.54, 1.807) is 7.11 Å². The Kier molecular flexibility index (Phi) is 6.50. The number of anilines is 1. The van der Waals surface area contributed by atoms with Crippen LogP contribution in [0.5, 0.6) is 0 Å². The summed E-state index contributed by atoms with van der Waals surface area (Å²) in [7, 11) is 1.67. The second-order valence-corrected chi connectivity index (χ2v) is 5.14. The third-order valence-corrected chi connectivity index (χ3v) is 3.50. The number of nitrogens with zero attached hydrogens (tertiary/aromatic N) is 1. The van der Waals surface area contributed by atoms with Gasteiger partial charge in [0.1, 0.15) is 0 Å². The quantitative estimate of drug-likeness (QED) is 0.768. The minimum absolute atomic E-state index is 0.0604. The maximum atomic E-state index is 11.9. The summed E-state index contributed by atoms with van der Waals surface area (Å²) in [5, 5.41) is 2.91. The normalized spacial score (nSPS) is 15.0. The van der Waals surface area contributed by atoms with Crippen LogP contribution in [0.25, 0.3) is 0 Å². The van der Waals surface area contributed by atoms with Gasteiger partial charge in [-0.05, 0) is 24.1 Å². The molecule has 1 amide bonds. The molecule has 0 saturated carbocycles. The highest BCUT2D eigenvalue weighted by molar-refractivity contribution is 5.78. The van der Waals surface area contributed by atoms with Crippen molar-refractivity contribution in [2.75, 3.05) is 51.5 Å². The first kappa shape index (κ1) is 15.8. The summed E-state index contributed by atoms with van der Waals surface area (Å²) >= 11 is 0. The predicted octanol–water partition coefficient (Wildman–Crippen LogP) is 1.22. The Morgan fingerprint density at radius 3 is 2.95 bits per heavy atom. The zero-order valence-corrected chi connectivity index (χ0v) is 12.6. The number of methoxy groups -OCH3 is 1. The van der Waals surface area contributed by atoms with Crippen LogP contribution < -0.4 is 10.2 Å². The largest absolute Gasteiger partial charge is 0.385 e. The van der Waals surface area contributed by atoms with Crippen molar-refractivity contribution in [2.45, 2.75) is 12.8 Å². The molecule has 0 unspecified atom stereocenters. The SMILES string of the molecule is COCCCNC(=O)Cc1cccc(N2CCOCC2)c1. The summed E-state index contributed by atoms with van der Waals surface area (Å²) in [6.45, 7) is 4.69. The molecule has 1 fully saturated rings. The number of hydrogen-bond acceptors (Lipinski definition) is 4. The van der Waals surface area contributed by atoms with Crippen molar-refractivity contribution in [3.8, 4) is 0 Å². The Bertz CT molecular complexity index is 445. The molecule has 0 radical (unpaired) electrons. The summed E-state index contributed by atoms with van der Waals surface area (Å²) in [6, 6.07) is 8.20. The van der Waals surface area contributed by atoms with Crippen molar-refractivity contribution in [2.24, 2.45) is 0 Å². The monoisotopic (exact) mass is 292 g/mol. The van der Waals surface area contributed by atoms with Crippen LogP contribution in [0.1, 0.15) is 12.0 Å². The Morgan fingerprint density at radius 2 is 2.19 bits per heavy atom. The van der Waals surface area contributed by atoms with Gasteiger partial charge in [0, 0.05) is 39.0 Å². The van der Waals surface area contributed by atoms with Gasteiger partial charge in [-0.1, -0.05) is 12.1 Å². The fraction of sp³-hybridized carbons (Fsp3) is 0.562. The van der Waals surface area contributed by atoms with E-state index in [0.29, 0.717) is 19.6 Å². The van der Waals surface area contributed by atoms with Gasteiger partial charge in [-0.25, -0.2) is 0 Å². The highest BCUT2D eigenvalue weighted by Crippen LogP contribution is 2.17. The lowest BCUT2D eigenvalue weighted by molar-refractivity contribution is -0.120. The van der Waals surface area contributed by atoms with Crippen molar-refractivity contribution in [1.29, 1.82) is 0 Å². The molecule has 1 N–H and O–H groups in total. The van der Waals surface area contributed by atoms with Crippen molar-refractivity contribution in [3.05, 3.63) is 29.8 Å². The van der Waals surface area contributed by atoms with E-state index < -0.39 is 0 Å². The van der Waals surface area contributed by atoms with Crippen LogP contribution in [0.15, 0.2) is 24.3 Å². The zero-order valence-electron chi connectivity index (χ0n) is 12.6. The van der Waals surface area contributed by atoms with Gasteiger partial charge in [0.25, 0.3) is 0 Å². The smallest absolute Gasteiger partial charge is 0.224 e. The van der Waals surface area contributed by atoms with Gasteiger partial charge in [-0.3, -0.25) is 4.79 Å². The number of nitrogens with one attached hydrogen (secondary N) is 1. The molecule has 1 aromatic carbocycles. The van der Waals surface area contributed by atoms with Crippen LogP contribution in [-0.2, 0) is 20.7 Å². The van der Waals surface area contributed by atoms with Crippen molar-refractivity contribution >= 4 is 11.6 Å². The molecule has 5 nitrogen and oxygen atoms in total. The maximum Gasteiger partial charge on any atom is 0.224 e. The minimum Gasteiger partial charge on any atom is -0.385 e. The Balaban J connectivity index is 1.84. The molecule has 116 valence electrons. The number of hydrogen-bond donors (Lipinski definition) is 1. The van der Waals surface area contributed by atoms with E-state index in [0.717, 1.165) is 38.3 Å². The number of ether oxygens (including phenoxy) is 2. The van der Waals surface area contributed by atoms with Gasteiger partial charge < -0.3 is 19.7 Å². The van der Waals surface area contributed by atoms with E-state index in [-0.39, 0.29) is 5.91 Å². The first-order valence-electron chi connectivity index (χ1n) is 7.47. The van der Waals surface area contributed by atoms with Crippen LogP contribution in [0.3, 0.4) is 0 Å². The van der Waals surface area contributed by atoms with Crippen LogP contribution in [-0.4, -0.2) is 52.5 Å². The molecule has 0 aromatic heterocycles. The van der Waals surface area contributed by atoms with Gasteiger partial charge in [0.05, 0.1) is 19.6 Å². The van der Waals surface area contributed by atoms with E-state index >= 15 is 0 Å². The average molecular weight is 292 g/mol. The highest BCUT2D eigenvalue weighted by Gasteiger charge is 2.12. The molecule has 2 rings (SSSR count). The Hall–Kier alpha value is -1.59. The molecule has 0 spiro atoms. The van der Waals surface area contributed by atoms with Crippen LogP contribution >= 0.6 is 0 Å². The molecule has 21 heavy (non-hydrogen) atoms. The van der Waals surface area contributed by atoms with Gasteiger partial charge >= 0.3 is 0 Å². The number of carbonyl (C=O) groups is 1. The van der Waals surface area contributed by atoms with E-state index in [9.17, 15) is 4.79 Å². The topological polar surface area (TPSA) is 50.8 Å². The minimum atomic E-state index is 0.0604. The summed E-state index contributed by atoms with van der Waals surface area (Å²) < 4.78 is 10.3. The third kappa shape index (κ3) is 5.36. The zero-order chi connectivity index (χ0) is 14.9. The number of carbonyl (C=O) groups excluding carboxylic acids is 1. The van der Waals surface area contributed by atoms with E-state index in [2.05, 4.69) is 22.3 Å². The first-order chi connectivity index (χ1) is 10.3. The molecule has 1 aromatic rings. The lowest BCUT2D eigenvalue weighted by Crippen LogP contribution is -2.36. The molecule has 1 aliphatic rings.